The molecule has 6 nitrogen and oxygen atoms in total. The number of aromatic amines is 1. The molecule has 0 saturated heterocycles. The lowest BCUT2D eigenvalue weighted by atomic mass is 9.79. The second kappa shape index (κ2) is 9.63. The fourth-order valence-electron chi connectivity index (χ4n) is 4.93. The van der Waals surface area contributed by atoms with Crippen LogP contribution in [0.2, 0.25) is 0 Å². The highest BCUT2D eigenvalue weighted by molar-refractivity contribution is 5.99. The van der Waals surface area contributed by atoms with Crippen molar-refractivity contribution < 1.29 is 9.59 Å². The van der Waals surface area contributed by atoms with Gasteiger partial charge < -0.3 is 15.6 Å². The zero-order chi connectivity index (χ0) is 23.5. The number of carbonyl (C=O) groups is 2. The minimum absolute atomic E-state index is 0.0445. The average molecular weight is 444 g/mol. The van der Waals surface area contributed by atoms with Crippen LogP contribution in [0.3, 0.4) is 0 Å². The van der Waals surface area contributed by atoms with Gasteiger partial charge in [0.2, 0.25) is 11.8 Å². The number of nitrogens with one attached hydrogen (secondary N) is 1. The SMILES string of the molecule is CCN(CC)C(=O)[C@@H]1C=C2c3cccc4[nH]cc(c34)C[C@H]2N(C)C1.NC(=O)c1cc[c]cc1. The summed E-state index contributed by atoms with van der Waals surface area (Å²) in [6, 6.07) is 16.2. The van der Waals surface area contributed by atoms with Crippen LogP contribution >= 0.6 is 0 Å². The molecule has 1 aliphatic carbocycles. The van der Waals surface area contributed by atoms with Crippen molar-refractivity contribution in [2.75, 3.05) is 26.7 Å². The minimum Gasteiger partial charge on any atom is -0.366 e. The molecule has 2 aliphatic rings. The molecule has 33 heavy (non-hydrogen) atoms. The van der Waals surface area contributed by atoms with Crippen LogP contribution in [0.4, 0.5) is 0 Å². The molecule has 0 fully saturated rings. The molecule has 3 N–H and O–H groups in total. The van der Waals surface area contributed by atoms with Gasteiger partial charge in [-0.05, 0) is 68.3 Å². The molecule has 0 bridgehead atoms. The van der Waals surface area contributed by atoms with Crippen LogP contribution in [-0.2, 0) is 11.2 Å². The van der Waals surface area contributed by atoms with Gasteiger partial charge in [0.15, 0.2) is 0 Å². The molecule has 2 heterocycles. The van der Waals surface area contributed by atoms with Crippen molar-refractivity contribution in [1.82, 2.24) is 14.8 Å². The van der Waals surface area contributed by atoms with Crippen LogP contribution in [0.5, 0.6) is 0 Å². The van der Waals surface area contributed by atoms with Crippen LogP contribution in [0.15, 0.2) is 54.7 Å². The highest BCUT2D eigenvalue weighted by Gasteiger charge is 2.36. The minimum atomic E-state index is -0.399. The van der Waals surface area contributed by atoms with Gasteiger partial charge in [0.1, 0.15) is 0 Å². The number of fused-ring (bicyclic) bond motifs is 2. The Morgan fingerprint density at radius 3 is 2.55 bits per heavy atom. The number of nitrogens with zero attached hydrogens (tertiary/aromatic N) is 2. The number of H-pyrrole nitrogens is 1. The highest BCUT2D eigenvalue weighted by atomic mass is 16.2. The number of hydrogen-bond donors (Lipinski definition) is 2. The quantitative estimate of drug-likeness (QED) is 0.648. The molecule has 1 aromatic heterocycles. The van der Waals surface area contributed by atoms with E-state index in [4.69, 9.17) is 5.73 Å². The summed E-state index contributed by atoms with van der Waals surface area (Å²) >= 11 is 0. The molecule has 3 aromatic rings. The van der Waals surface area contributed by atoms with Gasteiger partial charge in [-0.2, -0.15) is 0 Å². The zero-order valence-electron chi connectivity index (χ0n) is 19.5. The molecule has 0 saturated carbocycles. The Morgan fingerprint density at radius 2 is 1.91 bits per heavy atom. The molecule has 2 atom stereocenters. The van der Waals surface area contributed by atoms with E-state index in [1.165, 1.54) is 27.6 Å². The second-order valence-electron chi connectivity index (χ2n) is 8.59. The Morgan fingerprint density at radius 1 is 1.18 bits per heavy atom. The summed E-state index contributed by atoms with van der Waals surface area (Å²) in [5, 5.41) is 1.34. The lowest BCUT2D eigenvalue weighted by Gasteiger charge is -2.40. The van der Waals surface area contributed by atoms with Gasteiger partial charge in [0, 0.05) is 48.3 Å². The topological polar surface area (TPSA) is 82.4 Å². The summed E-state index contributed by atoms with van der Waals surface area (Å²) < 4.78 is 0. The maximum atomic E-state index is 12.9. The van der Waals surface area contributed by atoms with E-state index in [0.29, 0.717) is 11.6 Å². The third-order valence-corrected chi connectivity index (χ3v) is 6.66. The number of amides is 2. The van der Waals surface area contributed by atoms with E-state index < -0.39 is 5.91 Å². The van der Waals surface area contributed by atoms with Crippen LogP contribution in [-0.4, -0.2) is 59.3 Å². The Kier molecular flexibility index (Phi) is 6.65. The summed E-state index contributed by atoms with van der Waals surface area (Å²) in [5.41, 5.74) is 10.7. The smallest absolute Gasteiger partial charge is 0.248 e. The Bertz CT molecular complexity index is 1180. The van der Waals surface area contributed by atoms with E-state index in [0.717, 1.165) is 26.1 Å². The highest BCUT2D eigenvalue weighted by Crippen LogP contribution is 2.40. The van der Waals surface area contributed by atoms with Crippen LogP contribution in [0.1, 0.15) is 35.3 Å². The van der Waals surface area contributed by atoms with E-state index in [1.807, 2.05) is 4.90 Å². The van der Waals surface area contributed by atoms with Gasteiger partial charge in [0.25, 0.3) is 0 Å². The van der Waals surface area contributed by atoms with Crippen molar-refractivity contribution in [3.05, 3.63) is 77.5 Å². The van der Waals surface area contributed by atoms with Crippen LogP contribution in [0, 0.1) is 12.0 Å². The van der Waals surface area contributed by atoms with Gasteiger partial charge >= 0.3 is 0 Å². The third-order valence-electron chi connectivity index (χ3n) is 6.66. The van der Waals surface area contributed by atoms with Gasteiger partial charge in [-0.15, -0.1) is 0 Å². The number of hydrogen-bond acceptors (Lipinski definition) is 3. The fraction of sp³-hybridized carbons (Fsp3) is 0.333. The number of nitrogens with two attached hydrogens (primary N) is 1. The van der Waals surface area contributed by atoms with Crippen LogP contribution in [0.25, 0.3) is 16.5 Å². The average Bonchev–Trinajstić information content (AvgIpc) is 3.25. The van der Waals surface area contributed by atoms with Gasteiger partial charge in [-0.3, -0.25) is 14.5 Å². The first kappa shape index (κ1) is 22.8. The first-order valence-corrected chi connectivity index (χ1v) is 11.5. The number of aromatic nitrogens is 1. The molecule has 0 spiro atoms. The maximum absolute atomic E-state index is 12.9. The Labute approximate surface area is 195 Å². The standard InChI is InChI=1S/C20H25N3O.C7H6NO/c1-4-23(5-2)20(24)14-9-16-15-7-6-8-17-19(15)13(11-21-17)10-18(16)22(3)12-14;8-7(9)6-4-2-1-3-5-6/h6-9,11,14,18,21H,4-5,10,12H2,1-3H3;2-5H,(H2,8,9)/t14-,18-;/m1./s1. The van der Waals surface area contributed by atoms with E-state index in [1.54, 1.807) is 24.3 Å². The van der Waals surface area contributed by atoms with Gasteiger partial charge in [-0.25, -0.2) is 0 Å². The first-order chi connectivity index (χ1) is 15.9. The second-order valence-corrected chi connectivity index (χ2v) is 8.59. The monoisotopic (exact) mass is 443 g/mol. The van der Waals surface area contributed by atoms with E-state index in [2.05, 4.69) is 67.3 Å². The molecule has 171 valence electrons. The summed E-state index contributed by atoms with van der Waals surface area (Å²) in [7, 11) is 2.15. The van der Waals surface area contributed by atoms with Crippen molar-refractivity contribution in [2.24, 2.45) is 11.7 Å². The summed E-state index contributed by atoms with van der Waals surface area (Å²) in [5.74, 6) is -0.189. The lowest BCUT2D eigenvalue weighted by molar-refractivity contribution is -0.134. The molecule has 0 unspecified atom stereocenters. The molecular weight excluding hydrogens is 412 g/mol. The molecule has 5 rings (SSSR count). The van der Waals surface area contributed by atoms with E-state index >= 15 is 0 Å². The molecule has 1 aliphatic heterocycles. The number of primary amides is 1. The van der Waals surface area contributed by atoms with Crippen molar-refractivity contribution in [3.63, 3.8) is 0 Å². The zero-order valence-corrected chi connectivity index (χ0v) is 19.5. The molecule has 2 amide bonds. The van der Waals surface area contributed by atoms with Gasteiger partial charge in [-0.1, -0.05) is 30.3 Å². The van der Waals surface area contributed by atoms with Gasteiger partial charge in [0.05, 0.1) is 5.92 Å². The van der Waals surface area contributed by atoms with E-state index in [-0.39, 0.29) is 11.8 Å². The number of likely N-dealkylation sites (N-methyl/N-ethyl adjacent to an activating group) is 1. The largest absolute Gasteiger partial charge is 0.366 e. The first-order valence-electron chi connectivity index (χ1n) is 11.5. The number of rotatable bonds is 4. The predicted molar refractivity (Wildman–Crippen MR) is 132 cm³/mol. The Hall–Kier alpha value is -3.38. The van der Waals surface area contributed by atoms with Crippen molar-refractivity contribution in [3.8, 4) is 0 Å². The Balaban J connectivity index is 0.000000243. The predicted octanol–water partition coefficient (Wildman–Crippen LogP) is 3.49. The third kappa shape index (κ3) is 4.44. The maximum Gasteiger partial charge on any atom is 0.248 e. The van der Waals surface area contributed by atoms with Crippen LogP contribution < -0.4 is 5.73 Å². The van der Waals surface area contributed by atoms with Crippen molar-refractivity contribution in [2.45, 2.75) is 26.3 Å². The van der Waals surface area contributed by atoms with Crippen molar-refractivity contribution >= 4 is 28.3 Å². The van der Waals surface area contributed by atoms with E-state index in [9.17, 15) is 9.59 Å². The molecule has 2 aromatic carbocycles. The summed E-state index contributed by atoms with van der Waals surface area (Å²) in [6.45, 7) is 6.47. The number of benzene rings is 2. The van der Waals surface area contributed by atoms with Crippen molar-refractivity contribution in [1.29, 1.82) is 0 Å². The molecule has 1 radical (unpaired) electrons. The fourth-order valence-corrected chi connectivity index (χ4v) is 4.93. The molecule has 6 heteroatoms. The summed E-state index contributed by atoms with van der Waals surface area (Å²) in [4.78, 5) is 31.0. The lowest BCUT2D eigenvalue weighted by Crippen LogP contribution is -2.47. The normalized spacial score (nSPS) is 19.2. The molecular formula is C27H31N4O2. The number of carbonyl (C=O) groups excluding carboxylic acids is 2. The summed E-state index contributed by atoms with van der Waals surface area (Å²) in [6.07, 6.45) is 5.41.